The molecule has 6 nitrogen and oxygen atoms in total. The molecule has 0 saturated carbocycles. The van der Waals surface area contributed by atoms with Crippen molar-refractivity contribution in [3.05, 3.63) is 46.7 Å². The van der Waals surface area contributed by atoms with Gasteiger partial charge in [0.05, 0.1) is 4.90 Å². The summed E-state index contributed by atoms with van der Waals surface area (Å²) in [6.07, 6.45) is 1.03. The largest absolute Gasteiger partial charge is 0.303 e. The van der Waals surface area contributed by atoms with Gasteiger partial charge in [-0.1, -0.05) is 32.0 Å². The zero-order valence-electron chi connectivity index (χ0n) is 15.8. The third-order valence-corrected chi connectivity index (χ3v) is 8.39. The van der Waals surface area contributed by atoms with Gasteiger partial charge in [0.15, 0.2) is 9.84 Å². The monoisotopic (exact) mass is 430 g/mol. The van der Waals surface area contributed by atoms with Gasteiger partial charge in [-0.15, -0.1) is 11.3 Å². The first-order chi connectivity index (χ1) is 12.7. The van der Waals surface area contributed by atoms with Crippen LogP contribution in [0.1, 0.15) is 18.7 Å². The van der Waals surface area contributed by atoms with Gasteiger partial charge in [0.1, 0.15) is 4.90 Å². The molecule has 0 aliphatic carbocycles. The Kier molecular flexibility index (Phi) is 7.58. The van der Waals surface area contributed by atoms with E-state index in [9.17, 15) is 16.8 Å². The van der Waals surface area contributed by atoms with Crippen LogP contribution in [0.15, 0.2) is 51.6 Å². The summed E-state index contributed by atoms with van der Waals surface area (Å²) in [5, 5.41) is 1.90. The number of hydrogen-bond donors (Lipinski definition) is 0. The summed E-state index contributed by atoms with van der Waals surface area (Å²) in [6, 6.07) is 9.55. The fourth-order valence-electron chi connectivity index (χ4n) is 2.76. The predicted molar refractivity (Wildman–Crippen MR) is 109 cm³/mol. The van der Waals surface area contributed by atoms with Crippen molar-refractivity contribution < 1.29 is 16.8 Å². The van der Waals surface area contributed by atoms with Gasteiger partial charge in [0.2, 0.25) is 10.0 Å². The molecule has 9 heteroatoms. The van der Waals surface area contributed by atoms with E-state index in [1.807, 2.05) is 31.4 Å². The second-order valence-corrected chi connectivity index (χ2v) is 11.1. The Balaban J connectivity index is 2.44. The van der Waals surface area contributed by atoms with Gasteiger partial charge in [0.25, 0.3) is 0 Å². The van der Waals surface area contributed by atoms with Crippen LogP contribution in [0, 0.1) is 0 Å². The van der Waals surface area contributed by atoms with Crippen LogP contribution < -0.4 is 0 Å². The van der Waals surface area contributed by atoms with Crippen LogP contribution in [0.4, 0.5) is 0 Å². The van der Waals surface area contributed by atoms with Gasteiger partial charge in [-0.2, -0.15) is 4.31 Å². The summed E-state index contributed by atoms with van der Waals surface area (Å²) >= 11 is 1.48. The van der Waals surface area contributed by atoms with Gasteiger partial charge in [-0.25, -0.2) is 16.8 Å². The molecule has 0 saturated heterocycles. The minimum Gasteiger partial charge on any atom is -0.303 e. The molecule has 1 aromatic heterocycles. The van der Waals surface area contributed by atoms with Crippen molar-refractivity contribution >= 4 is 31.2 Å². The lowest BCUT2D eigenvalue weighted by atomic mass is 10.4. The summed E-state index contributed by atoms with van der Waals surface area (Å²) in [4.78, 5) is 2.72. The fraction of sp³-hybridized carbons (Fsp3) is 0.444. The number of rotatable bonds is 10. The topological polar surface area (TPSA) is 74.8 Å². The van der Waals surface area contributed by atoms with Gasteiger partial charge in [-0.3, -0.25) is 0 Å². The highest BCUT2D eigenvalue weighted by Gasteiger charge is 2.30. The van der Waals surface area contributed by atoms with Crippen molar-refractivity contribution in [1.29, 1.82) is 0 Å². The van der Waals surface area contributed by atoms with Gasteiger partial charge in [0, 0.05) is 30.8 Å². The molecule has 2 rings (SSSR count). The molecule has 1 heterocycles. The average Bonchev–Trinajstić information content (AvgIpc) is 3.14. The number of hydrogen-bond acceptors (Lipinski definition) is 6. The molecule has 0 N–H and O–H groups in total. The molecular formula is C18H26N2O4S3. The molecule has 0 bridgehead atoms. The Bertz CT molecular complexity index is 935. The molecule has 2 aromatic rings. The number of likely N-dealkylation sites (N-methyl/N-ethyl adjacent to an activating group) is 1. The molecule has 0 amide bonds. The van der Waals surface area contributed by atoms with E-state index >= 15 is 0 Å². The molecule has 0 aliphatic rings. The zero-order chi connectivity index (χ0) is 20.1. The van der Waals surface area contributed by atoms with Crippen molar-refractivity contribution in [3.8, 4) is 0 Å². The molecule has 0 aliphatic heterocycles. The lowest BCUT2D eigenvalue weighted by molar-refractivity contribution is 0.269. The number of sulfonamides is 1. The molecule has 0 spiro atoms. The van der Waals surface area contributed by atoms with E-state index in [0.717, 1.165) is 24.2 Å². The Morgan fingerprint density at radius 2 is 1.52 bits per heavy atom. The van der Waals surface area contributed by atoms with Crippen LogP contribution in [0.2, 0.25) is 0 Å². The third kappa shape index (κ3) is 5.61. The van der Waals surface area contributed by atoms with E-state index < -0.39 is 19.9 Å². The van der Waals surface area contributed by atoms with E-state index in [2.05, 4.69) is 4.90 Å². The summed E-state index contributed by atoms with van der Waals surface area (Å²) in [5.41, 5.74) is 0. The normalized spacial score (nSPS) is 12.8. The first kappa shape index (κ1) is 22.0. The summed E-state index contributed by atoms with van der Waals surface area (Å²) in [5.74, 6) is 0. The molecule has 0 unspecified atom stereocenters. The van der Waals surface area contributed by atoms with Crippen molar-refractivity contribution in [2.45, 2.75) is 30.2 Å². The maximum atomic E-state index is 13.4. The van der Waals surface area contributed by atoms with Gasteiger partial charge in [-0.05, 0) is 36.7 Å². The lowest BCUT2D eigenvalue weighted by Gasteiger charge is -2.26. The molecule has 0 radical (unpaired) electrons. The number of nitrogens with zero attached hydrogens (tertiary/aromatic N) is 2. The van der Waals surface area contributed by atoms with Crippen LogP contribution in [0.5, 0.6) is 0 Å². The first-order valence-electron chi connectivity index (χ1n) is 8.74. The maximum absolute atomic E-state index is 13.4. The van der Waals surface area contributed by atoms with Crippen molar-refractivity contribution in [2.75, 3.05) is 32.4 Å². The van der Waals surface area contributed by atoms with E-state index in [1.165, 1.54) is 33.8 Å². The zero-order valence-corrected chi connectivity index (χ0v) is 18.3. The number of thiophene rings is 1. The van der Waals surface area contributed by atoms with Crippen LogP contribution in [0.25, 0.3) is 0 Å². The second kappa shape index (κ2) is 9.29. The van der Waals surface area contributed by atoms with E-state index in [4.69, 9.17) is 0 Å². The Hall–Kier alpha value is -1.26. The molecule has 27 heavy (non-hydrogen) atoms. The van der Waals surface area contributed by atoms with E-state index in [0.29, 0.717) is 13.1 Å². The third-order valence-electron chi connectivity index (χ3n) is 4.34. The molecule has 1 aromatic carbocycles. The molecule has 0 atom stereocenters. The number of sulfone groups is 1. The van der Waals surface area contributed by atoms with Crippen molar-refractivity contribution in [2.24, 2.45) is 0 Å². The lowest BCUT2D eigenvalue weighted by Crippen LogP contribution is -2.38. The number of benzene rings is 1. The molecular weight excluding hydrogens is 404 g/mol. The van der Waals surface area contributed by atoms with E-state index in [-0.39, 0.29) is 16.3 Å². The SMILES string of the molecule is CCN(CC)CCN(Cc1cccs1)S(=O)(=O)c1ccccc1S(C)(=O)=O. The minimum atomic E-state index is -3.97. The fourth-order valence-corrected chi connectivity index (χ4v) is 6.57. The molecule has 150 valence electrons. The van der Waals surface area contributed by atoms with Crippen molar-refractivity contribution in [3.63, 3.8) is 0 Å². The second-order valence-electron chi connectivity index (χ2n) is 6.16. The standard InChI is InChI=1S/C18H26N2O4S3/c1-4-19(5-2)12-13-20(15-16-9-8-14-25-16)27(23,24)18-11-7-6-10-17(18)26(3,21)22/h6-11,14H,4-5,12-13,15H2,1-3H3. The Morgan fingerprint density at radius 1 is 0.889 bits per heavy atom. The Morgan fingerprint density at radius 3 is 2.04 bits per heavy atom. The predicted octanol–water partition coefficient (Wildman–Crippen LogP) is 2.68. The minimum absolute atomic E-state index is 0.163. The van der Waals surface area contributed by atoms with Gasteiger partial charge < -0.3 is 4.90 Å². The maximum Gasteiger partial charge on any atom is 0.244 e. The van der Waals surface area contributed by atoms with Crippen molar-refractivity contribution in [1.82, 2.24) is 9.21 Å². The highest BCUT2D eigenvalue weighted by molar-refractivity contribution is 7.93. The highest BCUT2D eigenvalue weighted by atomic mass is 32.2. The smallest absolute Gasteiger partial charge is 0.244 e. The summed E-state index contributed by atoms with van der Waals surface area (Å²) in [7, 11) is -7.64. The summed E-state index contributed by atoms with van der Waals surface area (Å²) < 4.78 is 52.3. The van der Waals surface area contributed by atoms with Crippen LogP contribution in [0.3, 0.4) is 0 Å². The van der Waals surface area contributed by atoms with Crippen LogP contribution in [-0.2, 0) is 26.4 Å². The van der Waals surface area contributed by atoms with Crippen LogP contribution >= 0.6 is 11.3 Å². The average molecular weight is 431 g/mol. The van der Waals surface area contributed by atoms with E-state index in [1.54, 1.807) is 6.07 Å². The van der Waals surface area contributed by atoms with Gasteiger partial charge >= 0.3 is 0 Å². The molecule has 0 fully saturated rings. The first-order valence-corrected chi connectivity index (χ1v) is 12.9. The highest BCUT2D eigenvalue weighted by Crippen LogP contribution is 2.26. The van der Waals surface area contributed by atoms with Crippen LogP contribution in [-0.4, -0.2) is 58.5 Å². The summed E-state index contributed by atoms with van der Waals surface area (Å²) in [6.45, 7) is 6.80. The Labute approximate surface area is 166 Å². The quantitative estimate of drug-likeness (QED) is 0.579.